The van der Waals surface area contributed by atoms with Crippen molar-refractivity contribution < 1.29 is 14.3 Å². The van der Waals surface area contributed by atoms with E-state index in [4.69, 9.17) is 4.42 Å². The highest BCUT2D eigenvalue weighted by molar-refractivity contribution is 6.05. The number of fused-ring (bicyclic) bond motifs is 1. The van der Waals surface area contributed by atoms with Crippen LogP contribution in [0.15, 0.2) is 41.3 Å². The molecule has 4 rings (SSSR count). The number of hydrogen-bond acceptors (Lipinski definition) is 5. The molecule has 0 bridgehead atoms. The van der Waals surface area contributed by atoms with E-state index in [0.29, 0.717) is 24.1 Å². The number of aliphatic hydroxyl groups is 1. The second-order valence-electron chi connectivity index (χ2n) is 6.65. The molecule has 0 radical (unpaired) electrons. The van der Waals surface area contributed by atoms with Crippen LogP contribution in [0.4, 0.5) is 0 Å². The van der Waals surface area contributed by atoms with Gasteiger partial charge in [-0.15, -0.1) is 10.2 Å². The van der Waals surface area contributed by atoms with Gasteiger partial charge in [-0.3, -0.25) is 4.79 Å². The number of amides is 1. The van der Waals surface area contributed by atoms with E-state index in [2.05, 4.69) is 15.5 Å². The molecule has 25 heavy (non-hydrogen) atoms. The fraction of sp³-hybridized carbons (Fsp3) is 0.389. The molecule has 7 nitrogen and oxygen atoms in total. The molecular formula is C18H20N4O3. The van der Waals surface area contributed by atoms with Crippen LogP contribution in [-0.4, -0.2) is 38.4 Å². The van der Waals surface area contributed by atoms with Crippen LogP contribution in [-0.2, 0) is 7.05 Å². The summed E-state index contributed by atoms with van der Waals surface area (Å²) in [6.45, 7) is 0.424. The summed E-state index contributed by atoms with van der Waals surface area (Å²) < 4.78 is 7.30. The van der Waals surface area contributed by atoms with Gasteiger partial charge in [0.15, 0.2) is 0 Å². The van der Waals surface area contributed by atoms with Crippen molar-refractivity contribution in [3.63, 3.8) is 0 Å². The van der Waals surface area contributed by atoms with E-state index in [0.717, 1.165) is 17.6 Å². The van der Waals surface area contributed by atoms with E-state index in [1.54, 1.807) is 6.33 Å². The molecule has 130 valence electrons. The Kier molecular flexibility index (Phi) is 4.01. The number of furan rings is 1. The summed E-state index contributed by atoms with van der Waals surface area (Å²) in [5.74, 6) is 0.871. The lowest BCUT2D eigenvalue weighted by Crippen LogP contribution is -2.32. The van der Waals surface area contributed by atoms with Crippen molar-refractivity contribution in [1.82, 2.24) is 20.1 Å². The van der Waals surface area contributed by atoms with Gasteiger partial charge >= 0.3 is 0 Å². The minimum atomic E-state index is -0.455. The highest BCUT2D eigenvalue weighted by Crippen LogP contribution is 2.37. The Balaban J connectivity index is 1.41. The Morgan fingerprint density at radius 2 is 2.24 bits per heavy atom. The molecule has 0 unspecified atom stereocenters. The molecule has 1 aromatic carbocycles. The maximum absolute atomic E-state index is 12.5. The summed E-state index contributed by atoms with van der Waals surface area (Å²) in [7, 11) is 1.90. The molecular weight excluding hydrogens is 320 g/mol. The van der Waals surface area contributed by atoms with E-state index in [9.17, 15) is 9.90 Å². The van der Waals surface area contributed by atoms with Crippen molar-refractivity contribution in [1.29, 1.82) is 0 Å². The molecule has 0 spiro atoms. The van der Waals surface area contributed by atoms with Crippen molar-refractivity contribution in [2.75, 3.05) is 6.54 Å². The summed E-state index contributed by atoms with van der Waals surface area (Å²) in [5, 5.41) is 22.1. The van der Waals surface area contributed by atoms with Crippen LogP contribution in [0.3, 0.4) is 0 Å². The lowest BCUT2D eigenvalue weighted by molar-refractivity contribution is 0.0917. The summed E-state index contributed by atoms with van der Waals surface area (Å²) in [6.07, 6.45) is 4.11. The van der Waals surface area contributed by atoms with E-state index in [1.807, 2.05) is 35.9 Å². The zero-order valence-corrected chi connectivity index (χ0v) is 13.9. The Hall–Kier alpha value is -2.67. The van der Waals surface area contributed by atoms with Crippen LogP contribution >= 0.6 is 0 Å². The third-order valence-corrected chi connectivity index (χ3v) is 5.02. The molecule has 3 aromatic rings. The molecule has 2 heterocycles. The van der Waals surface area contributed by atoms with Gasteiger partial charge in [-0.05, 0) is 18.9 Å². The number of nitrogens with one attached hydrogen (secondary N) is 1. The maximum atomic E-state index is 12.5. The first kappa shape index (κ1) is 15.8. The van der Waals surface area contributed by atoms with Gasteiger partial charge in [0.25, 0.3) is 5.91 Å². The van der Waals surface area contributed by atoms with Crippen molar-refractivity contribution in [3.8, 4) is 0 Å². The molecule has 2 N–H and O–H groups in total. The standard InChI is InChI=1S/C18H20N4O3/c1-22-10-20-21-17(22)11-6-12(15(23)7-11)8-19-18(24)14-9-25-16-5-3-2-4-13(14)16/h2-5,9-12,15,23H,6-8H2,1H3,(H,19,24)/t11-,12+,15+/m0/s1. The third-order valence-electron chi connectivity index (χ3n) is 5.02. The average molecular weight is 340 g/mol. The predicted molar refractivity (Wildman–Crippen MR) is 91.0 cm³/mol. The number of benzene rings is 1. The lowest BCUT2D eigenvalue weighted by atomic mass is 10.0. The number of carbonyl (C=O) groups excluding carboxylic acids is 1. The van der Waals surface area contributed by atoms with Gasteiger partial charge < -0.3 is 19.4 Å². The van der Waals surface area contributed by atoms with Gasteiger partial charge in [-0.2, -0.15) is 0 Å². The van der Waals surface area contributed by atoms with Crippen molar-refractivity contribution >= 4 is 16.9 Å². The molecule has 3 atom stereocenters. The van der Waals surface area contributed by atoms with E-state index in [-0.39, 0.29) is 17.7 Å². The van der Waals surface area contributed by atoms with E-state index >= 15 is 0 Å². The second kappa shape index (κ2) is 6.33. The number of rotatable bonds is 4. The number of nitrogens with zero attached hydrogens (tertiary/aromatic N) is 3. The second-order valence-corrected chi connectivity index (χ2v) is 6.65. The molecule has 2 aromatic heterocycles. The van der Waals surface area contributed by atoms with Crippen LogP contribution in [0, 0.1) is 5.92 Å². The number of hydrogen-bond donors (Lipinski definition) is 2. The molecule has 0 aliphatic heterocycles. The van der Waals surface area contributed by atoms with Gasteiger partial charge in [0, 0.05) is 30.8 Å². The van der Waals surface area contributed by atoms with E-state index in [1.165, 1.54) is 6.26 Å². The Bertz CT molecular complexity index is 901. The lowest BCUT2D eigenvalue weighted by Gasteiger charge is -2.14. The fourth-order valence-electron chi connectivity index (χ4n) is 3.67. The van der Waals surface area contributed by atoms with Gasteiger partial charge in [0.1, 0.15) is 24.0 Å². The molecule has 1 amide bonds. The van der Waals surface area contributed by atoms with Gasteiger partial charge in [0.2, 0.25) is 0 Å². The Morgan fingerprint density at radius 3 is 3.04 bits per heavy atom. The monoisotopic (exact) mass is 340 g/mol. The fourth-order valence-corrected chi connectivity index (χ4v) is 3.67. The normalized spacial score (nSPS) is 23.2. The summed E-state index contributed by atoms with van der Waals surface area (Å²) in [5.41, 5.74) is 1.21. The van der Waals surface area contributed by atoms with Crippen molar-refractivity contribution in [2.24, 2.45) is 13.0 Å². The van der Waals surface area contributed by atoms with Gasteiger partial charge in [-0.25, -0.2) is 0 Å². The van der Waals surface area contributed by atoms with Crippen molar-refractivity contribution in [2.45, 2.75) is 24.9 Å². The quantitative estimate of drug-likeness (QED) is 0.756. The molecule has 1 fully saturated rings. The van der Waals surface area contributed by atoms with Gasteiger partial charge in [0.05, 0.1) is 11.7 Å². The molecule has 1 saturated carbocycles. The third kappa shape index (κ3) is 2.91. The van der Waals surface area contributed by atoms with Crippen LogP contribution in [0.25, 0.3) is 11.0 Å². The number of aryl methyl sites for hydroxylation is 1. The summed E-state index contributed by atoms with van der Waals surface area (Å²) in [6, 6.07) is 7.44. The largest absolute Gasteiger partial charge is 0.463 e. The summed E-state index contributed by atoms with van der Waals surface area (Å²) in [4.78, 5) is 12.5. The smallest absolute Gasteiger partial charge is 0.255 e. The van der Waals surface area contributed by atoms with E-state index < -0.39 is 6.10 Å². The van der Waals surface area contributed by atoms with Gasteiger partial charge in [-0.1, -0.05) is 18.2 Å². The maximum Gasteiger partial charge on any atom is 0.255 e. The molecule has 7 heteroatoms. The Labute approximate surface area is 144 Å². The number of carbonyl (C=O) groups is 1. The topological polar surface area (TPSA) is 93.2 Å². The number of para-hydroxylation sites is 1. The van der Waals surface area contributed by atoms with Crippen LogP contribution in [0.5, 0.6) is 0 Å². The minimum absolute atomic E-state index is 0.00353. The molecule has 1 aliphatic carbocycles. The number of aliphatic hydroxyl groups excluding tert-OH is 1. The molecule has 1 aliphatic rings. The zero-order valence-electron chi connectivity index (χ0n) is 13.9. The van der Waals surface area contributed by atoms with Crippen LogP contribution in [0.2, 0.25) is 0 Å². The SMILES string of the molecule is Cn1cnnc1[C@H]1C[C@H](CNC(=O)c2coc3ccccc23)[C@H](O)C1. The minimum Gasteiger partial charge on any atom is -0.463 e. The predicted octanol–water partition coefficient (Wildman–Crippen LogP) is 1.85. The average Bonchev–Trinajstić information content (AvgIpc) is 3.31. The van der Waals surface area contributed by atoms with Crippen molar-refractivity contribution in [3.05, 3.63) is 48.2 Å². The Morgan fingerprint density at radius 1 is 1.40 bits per heavy atom. The highest BCUT2D eigenvalue weighted by atomic mass is 16.3. The number of aromatic nitrogens is 3. The van der Waals surface area contributed by atoms with Crippen LogP contribution in [0.1, 0.15) is 34.9 Å². The zero-order chi connectivity index (χ0) is 17.4. The van der Waals surface area contributed by atoms with Crippen LogP contribution < -0.4 is 5.32 Å². The first-order valence-electron chi connectivity index (χ1n) is 8.40. The molecule has 0 saturated heterocycles. The first-order chi connectivity index (χ1) is 12.1. The highest BCUT2D eigenvalue weighted by Gasteiger charge is 2.36. The first-order valence-corrected chi connectivity index (χ1v) is 8.40. The summed E-state index contributed by atoms with van der Waals surface area (Å²) >= 11 is 0.